The molecule has 0 aliphatic heterocycles. The Kier molecular flexibility index (Phi) is 5.72. The molecule has 112 valence electrons. The molecule has 21 heavy (non-hydrogen) atoms. The molecule has 0 aliphatic rings. The van der Waals surface area contributed by atoms with Crippen molar-refractivity contribution in [2.24, 2.45) is 0 Å². The lowest BCUT2D eigenvalue weighted by Crippen LogP contribution is -2.13. The van der Waals surface area contributed by atoms with E-state index in [1.807, 2.05) is 37.3 Å². The average molecular weight is 289 g/mol. The largest absolute Gasteiger partial charge is 0.490 e. The van der Waals surface area contributed by atoms with E-state index in [1.54, 1.807) is 6.07 Å². The molecule has 3 nitrogen and oxygen atoms in total. The first-order valence-corrected chi connectivity index (χ1v) is 7.05. The molecule has 0 fully saturated rings. The summed E-state index contributed by atoms with van der Waals surface area (Å²) < 4.78 is 19.0. The highest BCUT2D eigenvalue weighted by atomic mass is 19.1. The summed E-state index contributed by atoms with van der Waals surface area (Å²) in [5, 5.41) is 13.2. The van der Waals surface area contributed by atoms with Crippen LogP contribution in [0.2, 0.25) is 0 Å². The van der Waals surface area contributed by atoms with E-state index in [4.69, 9.17) is 4.74 Å². The molecule has 0 aliphatic carbocycles. The van der Waals surface area contributed by atoms with Gasteiger partial charge in [0.2, 0.25) is 0 Å². The topological polar surface area (TPSA) is 41.5 Å². The maximum absolute atomic E-state index is 13.5. The van der Waals surface area contributed by atoms with Crippen molar-refractivity contribution >= 4 is 0 Å². The first-order valence-electron chi connectivity index (χ1n) is 7.05. The van der Waals surface area contributed by atoms with E-state index in [1.165, 1.54) is 12.1 Å². The number of ether oxygens (including phenoxy) is 1. The molecular weight excluding hydrogens is 269 g/mol. The van der Waals surface area contributed by atoms with Gasteiger partial charge in [0.05, 0.1) is 0 Å². The van der Waals surface area contributed by atoms with Crippen LogP contribution in [-0.4, -0.2) is 18.3 Å². The summed E-state index contributed by atoms with van der Waals surface area (Å²) in [5.41, 5.74) is 1.60. The standard InChI is InChI=1S/C17H20FNO2/c1-2-19-11-13-8-15(18)10-16(9-13)21-12-17(20)14-6-4-3-5-7-14/h3-10,17,19-20H,2,11-12H2,1H3. The van der Waals surface area contributed by atoms with Crippen LogP contribution in [0, 0.1) is 5.82 Å². The highest BCUT2D eigenvalue weighted by Gasteiger charge is 2.09. The lowest BCUT2D eigenvalue weighted by atomic mass is 10.1. The van der Waals surface area contributed by atoms with Crippen LogP contribution in [0.15, 0.2) is 48.5 Å². The van der Waals surface area contributed by atoms with Crippen molar-refractivity contribution in [3.63, 3.8) is 0 Å². The Balaban J connectivity index is 1.97. The SMILES string of the molecule is CCNCc1cc(F)cc(OCC(O)c2ccccc2)c1. The van der Waals surface area contributed by atoms with Gasteiger partial charge in [-0.25, -0.2) is 4.39 Å². The monoisotopic (exact) mass is 289 g/mol. The van der Waals surface area contributed by atoms with Crippen molar-refractivity contribution in [1.29, 1.82) is 0 Å². The smallest absolute Gasteiger partial charge is 0.127 e. The Labute approximate surface area is 124 Å². The fraction of sp³-hybridized carbons (Fsp3) is 0.294. The van der Waals surface area contributed by atoms with Gasteiger partial charge in [0.25, 0.3) is 0 Å². The molecule has 4 heteroatoms. The van der Waals surface area contributed by atoms with Crippen molar-refractivity contribution in [3.05, 3.63) is 65.5 Å². The molecule has 0 aromatic heterocycles. The summed E-state index contributed by atoms with van der Waals surface area (Å²) in [6.07, 6.45) is -0.730. The van der Waals surface area contributed by atoms with Crippen molar-refractivity contribution in [2.45, 2.75) is 19.6 Å². The summed E-state index contributed by atoms with van der Waals surface area (Å²) in [5.74, 6) is 0.0903. The van der Waals surface area contributed by atoms with E-state index >= 15 is 0 Å². The Morgan fingerprint density at radius 1 is 1.19 bits per heavy atom. The maximum Gasteiger partial charge on any atom is 0.127 e. The molecule has 0 radical (unpaired) electrons. The minimum absolute atomic E-state index is 0.0914. The lowest BCUT2D eigenvalue weighted by Gasteiger charge is -2.13. The molecule has 0 heterocycles. The van der Waals surface area contributed by atoms with Gasteiger partial charge in [0.1, 0.15) is 24.3 Å². The van der Waals surface area contributed by atoms with E-state index in [-0.39, 0.29) is 12.4 Å². The minimum atomic E-state index is -0.730. The molecule has 2 aromatic carbocycles. The third-order valence-corrected chi connectivity index (χ3v) is 3.10. The number of benzene rings is 2. The summed E-state index contributed by atoms with van der Waals surface area (Å²) in [4.78, 5) is 0. The van der Waals surface area contributed by atoms with E-state index in [0.717, 1.165) is 17.7 Å². The normalized spacial score (nSPS) is 12.1. The van der Waals surface area contributed by atoms with Gasteiger partial charge in [-0.1, -0.05) is 37.3 Å². The number of halogens is 1. The van der Waals surface area contributed by atoms with Crippen LogP contribution in [0.5, 0.6) is 5.75 Å². The fourth-order valence-corrected chi connectivity index (χ4v) is 2.02. The van der Waals surface area contributed by atoms with Gasteiger partial charge in [0, 0.05) is 12.6 Å². The van der Waals surface area contributed by atoms with Gasteiger partial charge in [-0.3, -0.25) is 0 Å². The van der Waals surface area contributed by atoms with Crippen LogP contribution in [-0.2, 0) is 6.54 Å². The zero-order valence-electron chi connectivity index (χ0n) is 12.1. The zero-order chi connectivity index (χ0) is 15.1. The second kappa shape index (κ2) is 7.76. The van der Waals surface area contributed by atoms with Crippen molar-refractivity contribution in [3.8, 4) is 5.75 Å². The Morgan fingerprint density at radius 3 is 2.67 bits per heavy atom. The molecule has 0 amide bonds. The van der Waals surface area contributed by atoms with Gasteiger partial charge in [-0.2, -0.15) is 0 Å². The Hall–Kier alpha value is -1.91. The van der Waals surface area contributed by atoms with E-state index in [0.29, 0.717) is 12.3 Å². The third kappa shape index (κ3) is 4.85. The molecular formula is C17H20FNO2. The zero-order valence-corrected chi connectivity index (χ0v) is 12.1. The highest BCUT2D eigenvalue weighted by molar-refractivity contribution is 5.30. The van der Waals surface area contributed by atoms with Gasteiger partial charge >= 0.3 is 0 Å². The summed E-state index contributed by atoms with van der Waals surface area (Å²) in [6.45, 7) is 3.49. The summed E-state index contributed by atoms with van der Waals surface area (Å²) in [7, 11) is 0. The summed E-state index contributed by atoms with van der Waals surface area (Å²) >= 11 is 0. The van der Waals surface area contributed by atoms with Crippen LogP contribution >= 0.6 is 0 Å². The molecule has 0 saturated carbocycles. The van der Waals surface area contributed by atoms with E-state index in [2.05, 4.69) is 5.32 Å². The average Bonchev–Trinajstić information content (AvgIpc) is 2.51. The first-order chi connectivity index (χ1) is 10.2. The number of nitrogens with one attached hydrogen (secondary N) is 1. The second-order valence-corrected chi connectivity index (χ2v) is 4.81. The van der Waals surface area contributed by atoms with Gasteiger partial charge in [-0.05, 0) is 29.8 Å². The van der Waals surface area contributed by atoms with Crippen molar-refractivity contribution < 1.29 is 14.2 Å². The van der Waals surface area contributed by atoms with Crippen LogP contribution in [0.4, 0.5) is 4.39 Å². The number of hydrogen-bond donors (Lipinski definition) is 2. The molecule has 0 bridgehead atoms. The number of aliphatic hydroxyl groups is 1. The first kappa shape index (κ1) is 15.5. The molecule has 1 unspecified atom stereocenters. The molecule has 2 rings (SSSR count). The van der Waals surface area contributed by atoms with Crippen molar-refractivity contribution in [1.82, 2.24) is 5.32 Å². The predicted octanol–water partition coefficient (Wildman–Crippen LogP) is 3.05. The maximum atomic E-state index is 13.5. The van der Waals surface area contributed by atoms with Crippen molar-refractivity contribution in [2.75, 3.05) is 13.2 Å². The number of aliphatic hydroxyl groups excluding tert-OH is 1. The minimum Gasteiger partial charge on any atom is -0.490 e. The fourth-order valence-electron chi connectivity index (χ4n) is 2.02. The van der Waals surface area contributed by atoms with Crippen LogP contribution < -0.4 is 10.1 Å². The van der Waals surface area contributed by atoms with Crippen LogP contribution in [0.1, 0.15) is 24.2 Å². The number of hydrogen-bond acceptors (Lipinski definition) is 3. The number of rotatable bonds is 7. The molecule has 2 aromatic rings. The van der Waals surface area contributed by atoms with Gasteiger partial charge < -0.3 is 15.2 Å². The summed E-state index contributed by atoms with van der Waals surface area (Å²) in [6, 6.07) is 13.8. The molecule has 1 atom stereocenters. The van der Waals surface area contributed by atoms with E-state index in [9.17, 15) is 9.50 Å². The predicted molar refractivity (Wildman–Crippen MR) is 80.7 cm³/mol. The lowest BCUT2D eigenvalue weighted by molar-refractivity contribution is 0.108. The quantitative estimate of drug-likeness (QED) is 0.823. The van der Waals surface area contributed by atoms with E-state index < -0.39 is 6.10 Å². The molecule has 2 N–H and O–H groups in total. The van der Waals surface area contributed by atoms with Gasteiger partial charge in [0.15, 0.2) is 0 Å². The second-order valence-electron chi connectivity index (χ2n) is 4.81. The third-order valence-electron chi connectivity index (χ3n) is 3.10. The molecule has 0 saturated heterocycles. The van der Waals surface area contributed by atoms with Crippen LogP contribution in [0.3, 0.4) is 0 Å². The molecule has 0 spiro atoms. The highest BCUT2D eigenvalue weighted by Crippen LogP contribution is 2.19. The Bertz CT molecular complexity index is 560. The van der Waals surface area contributed by atoms with Gasteiger partial charge in [-0.15, -0.1) is 0 Å². The van der Waals surface area contributed by atoms with Crippen LogP contribution in [0.25, 0.3) is 0 Å². The Morgan fingerprint density at radius 2 is 1.95 bits per heavy atom.